The second-order valence-electron chi connectivity index (χ2n) is 18.0. The van der Waals surface area contributed by atoms with Crippen LogP contribution in [0.5, 0.6) is 0 Å². The number of carbonyl (C=O) groups excluding carboxylic acids is 2. The first kappa shape index (κ1) is 66.0. The highest BCUT2D eigenvalue weighted by Crippen LogP contribution is 2.44. The van der Waals surface area contributed by atoms with Crippen LogP contribution in [0.2, 0.25) is 0 Å². The zero-order chi connectivity index (χ0) is 50.6. The van der Waals surface area contributed by atoms with Gasteiger partial charge in [0.1, 0.15) is 12.7 Å². The predicted molar refractivity (Wildman–Crippen MR) is 270 cm³/mol. The van der Waals surface area contributed by atoms with E-state index in [4.69, 9.17) is 23.8 Å². The van der Waals surface area contributed by atoms with Crippen LogP contribution in [-0.2, 0) is 41.8 Å². The SMILES string of the molecule is CC/C=C\C/C=C\C/C=C\C/C=C\C[C@H](O)[C@@H](O)CCCC(=O)OC[C@H](COP(=O)(O)OC[C@@H](O)COP(=O)(O)O)OC(=O)CCCCCCCCCCCCCCCCCCCCC(C)CC. The van der Waals surface area contributed by atoms with E-state index in [-0.39, 0.29) is 32.1 Å². The summed E-state index contributed by atoms with van der Waals surface area (Å²) >= 11 is 0. The van der Waals surface area contributed by atoms with E-state index in [2.05, 4.69) is 60.2 Å². The van der Waals surface area contributed by atoms with Crippen LogP contribution >= 0.6 is 15.6 Å². The summed E-state index contributed by atoms with van der Waals surface area (Å²) < 4.78 is 47.8. The molecule has 0 aromatic carbocycles. The van der Waals surface area contributed by atoms with Crippen LogP contribution < -0.4 is 0 Å². The number of rotatable bonds is 48. The molecule has 0 aliphatic heterocycles. The average Bonchev–Trinajstić information content (AvgIpc) is 3.30. The highest BCUT2D eigenvalue weighted by atomic mass is 31.2. The lowest BCUT2D eigenvalue weighted by Gasteiger charge is -2.20. The molecule has 0 aromatic heterocycles. The Morgan fingerprint density at radius 1 is 0.500 bits per heavy atom. The van der Waals surface area contributed by atoms with Gasteiger partial charge >= 0.3 is 27.6 Å². The fourth-order valence-corrected chi connectivity index (χ4v) is 8.22. The van der Waals surface area contributed by atoms with Crippen molar-refractivity contribution in [3.8, 4) is 0 Å². The highest BCUT2D eigenvalue weighted by Gasteiger charge is 2.28. The number of phosphoric ester groups is 2. The van der Waals surface area contributed by atoms with E-state index in [0.717, 1.165) is 50.9 Å². The Balaban J connectivity index is 4.57. The third-order valence-electron chi connectivity index (χ3n) is 11.5. The lowest BCUT2D eigenvalue weighted by molar-refractivity contribution is -0.161. The van der Waals surface area contributed by atoms with Crippen molar-refractivity contribution in [2.24, 2.45) is 5.92 Å². The Morgan fingerprint density at radius 3 is 1.44 bits per heavy atom. The first-order valence-corrected chi connectivity index (χ1v) is 28.9. The smallest absolute Gasteiger partial charge is 0.462 e. The molecule has 2 unspecified atom stereocenters. The number of allylic oxidation sites excluding steroid dienone is 7. The van der Waals surface area contributed by atoms with Crippen molar-refractivity contribution in [3.63, 3.8) is 0 Å². The molecule has 0 spiro atoms. The Hall–Kier alpha value is -2.00. The zero-order valence-corrected chi connectivity index (χ0v) is 43.9. The van der Waals surface area contributed by atoms with Gasteiger partial charge in [-0.15, -0.1) is 0 Å². The minimum Gasteiger partial charge on any atom is -0.462 e. The van der Waals surface area contributed by atoms with Crippen molar-refractivity contribution < 1.29 is 71.8 Å². The third kappa shape index (κ3) is 46.4. The first-order valence-electron chi connectivity index (χ1n) is 25.9. The Labute approximate surface area is 410 Å². The fraction of sp³-hybridized carbons (Fsp3) is 0.804. The number of aliphatic hydroxyl groups excluding tert-OH is 3. The maximum Gasteiger partial charge on any atom is 0.472 e. The lowest BCUT2D eigenvalue weighted by atomic mass is 9.99. The van der Waals surface area contributed by atoms with Crippen LogP contribution in [-0.4, -0.2) is 92.8 Å². The van der Waals surface area contributed by atoms with E-state index in [9.17, 15) is 38.9 Å². The third-order valence-corrected chi connectivity index (χ3v) is 12.9. The molecule has 0 heterocycles. The lowest BCUT2D eigenvalue weighted by Crippen LogP contribution is -2.30. The molecule has 0 fully saturated rings. The summed E-state index contributed by atoms with van der Waals surface area (Å²) in [6.45, 7) is 3.73. The molecule has 0 radical (unpaired) electrons. The van der Waals surface area contributed by atoms with Gasteiger partial charge in [-0.25, -0.2) is 9.13 Å². The van der Waals surface area contributed by atoms with E-state index in [0.29, 0.717) is 12.8 Å². The molecule has 0 aliphatic rings. The zero-order valence-electron chi connectivity index (χ0n) is 42.1. The molecule has 6 N–H and O–H groups in total. The number of carbonyl (C=O) groups is 2. The van der Waals surface area contributed by atoms with E-state index >= 15 is 0 Å². The molecule has 17 heteroatoms. The van der Waals surface area contributed by atoms with Gasteiger partial charge in [0, 0.05) is 12.8 Å². The van der Waals surface area contributed by atoms with Gasteiger partial charge in [0.2, 0.25) is 0 Å². The van der Waals surface area contributed by atoms with Crippen molar-refractivity contribution >= 4 is 27.6 Å². The number of hydrogen-bond donors (Lipinski definition) is 6. The van der Waals surface area contributed by atoms with Gasteiger partial charge in [-0.05, 0) is 57.3 Å². The second kappa shape index (κ2) is 44.9. The quantitative estimate of drug-likeness (QED) is 0.0144. The Morgan fingerprint density at radius 2 is 0.941 bits per heavy atom. The number of hydrogen-bond acceptors (Lipinski definition) is 12. The molecule has 68 heavy (non-hydrogen) atoms. The minimum absolute atomic E-state index is 0.0724. The molecule has 15 nitrogen and oxygen atoms in total. The molecular formula is C51H94O15P2. The molecule has 0 bridgehead atoms. The molecule has 0 amide bonds. The van der Waals surface area contributed by atoms with Crippen molar-refractivity contribution in [1.29, 1.82) is 0 Å². The second-order valence-corrected chi connectivity index (χ2v) is 20.7. The monoisotopic (exact) mass is 1010 g/mol. The summed E-state index contributed by atoms with van der Waals surface area (Å²) in [5.41, 5.74) is 0. The van der Waals surface area contributed by atoms with Gasteiger partial charge in [0.15, 0.2) is 6.10 Å². The van der Waals surface area contributed by atoms with Crippen molar-refractivity contribution in [2.75, 3.05) is 26.4 Å². The van der Waals surface area contributed by atoms with Crippen LogP contribution in [0.25, 0.3) is 0 Å². The number of aliphatic hydroxyl groups is 3. The van der Waals surface area contributed by atoms with Gasteiger partial charge < -0.3 is 39.5 Å². The number of ether oxygens (including phenoxy) is 2. The molecule has 0 aromatic rings. The van der Waals surface area contributed by atoms with E-state index < -0.39 is 78.4 Å². The van der Waals surface area contributed by atoms with E-state index in [1.54, 1.807) is 6.08 Å². The van der Waals surface area contributed by atoms with Gasteiger partial charge in [-0.1, -0.05) is 191 Å². The molecule has 6 atom stereocenters. The van der Waals surface area contributed by atoms with Gasteiger partial charge in [0.25, 0.3) is 0 Å². The minimum atomic E-state index is -4.90. The number of unbranched alkanes of at least 4 members (excludes halogenated alkanes) is 17. The van der Waals surface area contributed by atoms with E-state index in [1.807, 2.05) is 12.2 Å². The van der Waals surface area contributed by atoms with Gasteiger partial charge in [0.05, 0.1) is 32.0 Å². The molecule has 0 saturated carbocycles. The number of esters is 2. The maximum absolute atomic E-state index is 12.8. The molecule has 398 valence electrons. The van der Waals surface area contributed by atoms with E-state index in [1.165, 1.54) is 96.3 Å². The molecule has 0 rings (SSSR count). The number of phosphoric acid groups is 2. The standard InChI is InChI=1S/C51H94O15P2/c1-4-6-7-8-9-10-11-21-24-27-30-33-37-48(53)49(54)38-35-40-50(55)62-43-47(44-65-68(60,61)64-42-46(52)41-63-67(57,58)59)66-51(56)39-34-31-28-25-22-19-17-15-13-12-14-16-18-20-23-26-29-32-36-45(3)5-2/h6-7,9-10,21,24,30,33,45-49,52-54H,4-5,8,11-20,22-23,25-29,31-32,34-44H2,1-3H3,(H,60,61)(H2,57,58,59)/b7-6-,10-9-,24-21-,33-30-/t45?,46-,47+,48-,49-/m0/s1. The predicted octanol–water partition coefficient (Wildman–Crippen LogP) is 12.0. The normalized spacial score (nSPS) is 15.6. The summed E-state index contributed by atoms with van der Waals surface area (Å²) in [6.07, 6.45) is 39.8. The van der Waals surface area contributed by atoms with Crippen LogP contribution in [0.1, 0.15) is 207 Å². The highest BCUT2D eigenvalue weighted by molar-refractivity contribution is 7.47. The molecule has 0 saturated heterocycles. The Bertz CT molecular complexity index is 1430. The summed E-state index contributed by atoms with van der Waals surface area (Å²) in [7, 11) is -9.78. The van der Waals surface area contributed by atoms with Crippen LogP contribution in [0, 0.1) is 5.92 Å². The van der Waals surface area contributed by atoms with Crippen molar-refractivity contribution in [2.45, 2.75) is 231 Å². The summed E-state index contributed by atoms with van der Waals surface area (Å²) in [4.78, 5) is 53.0. The summed E-state index contributed by atoms with van der Waals surface area (Å²) in [6, 6.07) is 0. The van der Waals surface area contributed by atoms with Crippen LogP contribution in [0.15, 0.2) is 48.6 Å². The fourth-order valence-electron chi connectivity index (χ4n) is 7.06. The van der Waals surface area contributed by atoms with Gasteiger partial charge in [-0.3, -0.25) is 23.2 Å². The van der Waals surface area contributed by atoms with Gasteiger partial charge in [-0.2, -0.15) is 0 Å². The van der Waals surface area contributed by atoms with Crippen molar-refractivity contribution in [3.05, 3.63) is 48.6 Å². The molecule has 0 aliphatic carbocycles. The van der Waals surface area contributed by atoms with Crippen LogP contribution in [0.4, 0.5) is 0 Å². The Kier molecular flexibility index (Phi) is 43.6. The molecular weight excluding hydrogens is 914 g/mol. The topological polar surface area (TPSA) is 236 Å². The maximum atomic E-state index is 12.8. The summed E-state index contributed by atoms with van der Waals surface area (Å²) in [5, 5.41) is 30.5. The average molecular weight is 1010 g/mol. The van der Waals surface area contributed by atoms with Crippen LogP contribution in [0.3, 0.4) is 0 Å². The van der Waals surface area contributed by atoms with Crippen molar-refractivity contribution in [1.82, 2.24) is 0 Å². The first-order chi connectivity index (χ1) is 32.6. The largest absolute Gasteiger partial charge is 0.472 e. The summed E-state index contributed by atoms with van der Waals surface area (Å²) in [5.74, 6) is -0.439.